The van der Waals surface area contributed by atoms with Gasteiger partial charge in [-0.1, -0.05) is 29.3 Å². The van der Waals surface area contributed by atoms with Crippen LogP contribution >= 0.6 is 23.2 Å². The molecular weight excluding hydrogens is 267 g/mol. The van der Waals surface area contributed by atoms with Gasteiger partial charge in [0.2, 0.25) is 0 Å². The van der Waals surface area contributed by atoms with Gasteiger partial charge >= 0.3 is 0 Å². The van der Waals surface area contributed by atoms with Crippen molar-refractivity contribution in [2.45, 2.75) is 13.3 Å². The average molecular weight is 279 g/mol. The third kappa shape index (κ3) is 1.88. The molecule has 0 saturated heterocycles. The summed E-state index contributed by atoms with van der Waals surface area (Å²) in [5.41, 5.74) is 4.81. The zero-order chi connectivity index (χ0) is 12.7. The summed E-state index contributed by atoms with van der Waals surface area (Å²) in [6.07, 6.45) is 0.867. The van der Waals surface area contributed by atoms with Gasteiger partial charge in [-0.15, -0.1) is 0 Å². The van der Waals surface area contributed by atoms with E-state index in [4.69, 9.17) is 27.9 Å². The Morgan fingerprint density at radius 3 is 2.61 bits per heavy atom. The molecule has 92 valence electrons. The van der Waals surface area contributed by atoms with Gasteiger partial charge in [-0.05, 0) is 54.3 Å². The Morgan fingerprint density at radius 2 is 1.83 bits per heavy atom. The van der Waals surface area contributed by atoms with E-state index in [9.17, 15) is 0 Å². The zero-order valence-electron chi connectivity index (χ0n) is 9.97. The summed E-state index contributed by atoms with van der Waals surface area (Å²) in [6, 6.07) is 9.88. The van der Waals surface area contributed by atoms with Crippen molar-refractivity contribution < 1.29 is 4.74 Å². The van der Waals surface area contributed by atoms with Gasteiger partial charge in [0, 0.05) is 15.6 Å². The van der Waals surface area contributed by atoms with Gasteiger partial charge in [-0.2, -0.15) is 0 Å². The minimum atomic E-state index is 0.635. The molecule has 0 aromatic heterocycles. The maximum Gasteiger partial charge on any atom is 0.128 e. The van der Waals surface area contributed by atoms with E-state index in [1.807, 2.05) is 31.2 Å². The predicted molar refractivity (Wildman–Crippen MR) is 75.9 cm³/mol. The van der Waals surface area contributed by atoms with Crippen LogP contribution in [0.2, 0.25) is 10.0 Å². The smallest absolute Gasteiger partial charge is 0.128 e. The van der Waals surface area contributed by atoms with Crippen molar-refractivity contribution in [3.8, 4) is 16.9 Å². The van der Waals surface area contributed by atoms with E-state index >= 15 is 0 Å². The Morgan fingerprint density at radius 1 is 1.06 bits per heavy atom. The van der Waals surface area contributed by atoms with Gasteiger partial charge in [0.05, 0.1) is 6.61 Å². The summed E-state index contributed by atoms with van der Waals surface area (Å²) in [4.78, 5) is 0. The number of ether oxygens (including phenoxy) is 1. The highest BCUT2D eigenvalue weighted by Crippen LogP contribution is 2.44. The van der Waals surface area contributed by atoms with Crippen LogP contribution < -0.4 is 4.74 Å². The number of benzene rings is 2. The van der Waals surface area contributed by atoms with E-state index < -0.39 is 0 Å². The Balaban J connectivity index is 2.21. The lowest BCUT2D eigenvalue weighted by Gasteiger charge is -2.11. The fourth-order valence-corrected chi connectivity index (χ4v) is 2.93. The molecule has 0 spiro atoms. The van der Waals surface area contributed by atoms with Crippen molar-refractivity contribution in [3.05, 3.63) is 51.5 Å². The summed E-state index contributed by atoms with van der Waals surface area (Å²) in [7, 11) is 0. The minimum Gasteiger partial charge on any atom is -0.493 e. The Bertz CT molecular complexity index is 620. The standard InChI is InChI=1S/C15H12Cl2O/c1-2-18-14-8-12(17)7-10-5-9-6-11(16)3-4-13(9)15(10)14/h3-4,6-8H,2,5H2,1H3. The van der Waals surface area contributed by atoms with Crippen molar-refractivity contribution in [1.29, 1.82) is 0 Å². The second kappa shape index (κ2) is 4.49. The molecular formula is C15H12Cl2O. The van der Waals surface area contributed by atoms with Crippen molar-refractivity contribution in [2.24, 2.45) is 0 Å². The van der Waals surface area contributed by atoms with Gasteiger partial charge in [-0.25, -0.2) is 0 Å². The topological polar surface area (TPSA) is 9.23 Å². The highest BCUT2D eigenvalue weighted by atomic mass is 35.5. The first-order valence-corrected chi connectivity index (χ1v) is 6.68. The average Bonchev–Trinajstić information content (AvgIpc) is 2.65. The summed E-state index contributed by atoms with van der Waals surface area (Å²) in [6.45, 7) is 2.61. The van der Waals surface area contributed by atoms with E-state index in [-0.39, 0.29) is 0 Å². The van der Waals surface area contributed by atoms with Crippen LogP contribution in [0.25, 0.3) is 11.1 Å². The molecule has 2 aromatic carbocycles. The Hall–Kier alpha value is -1.18. The molecule has 0 atom stereocenters. The van der Waals surface area contributed by atoms with Crippen LogP contribution in [0.3, 0.4) is 0 Å². The summed E-state index contributed by atoms with van der Waals surface area (Å²) in [5, 5.41) is 1.49. The second-order valence-corrected chi connectivity index (χ2v) is 5.22. The molecule has 0 heterocycles. The quantitative estimate of drug-likeness (QED) is 0.644. The van der Waals surface area contributed by atoms with Crippen molar-refractivity contribution >= 4 is 23.2 Å². The lowest BCUT2D eigenvalue weighted by atomic mass is 10.0. The van der Waals surface area contributed by atoms with Gasteiger partial charge in [0.1, 0.15) is 5.75 Å². The van der Waals surface area contributed by atoms with Crippen LogP contribution in [0.1, 0.15) is 18.1 Å². The van der Waals surface area contributed by atoms with E-state index in [2.05, 4.69) is 6.07 Å². The maximum atomic E-state index is 6.13. The monoisotopic (exact) mass is 278 g/mol. The lowest BCUT2D eigenvalue weighted by Crippen LogP contribution is -1.94. The molecule has 2 aromatic rings. The van der Waals surface area contributed by atoms with Gasteiger partial charge in [0.15, 0.2) is 0 Å². The number of halogens is 2. The van der Waals surface area contributed by atoms with Crippen LogP contribution in [0.15, 0.2) is 30.3 Å². The molecule has 0 amide bonds. The lowest BCUT2D eigenvalue weighted by molar-refractivity contribution is 0.341. The number of hydrogen-bond acceptors (Lipinski definition) is 1. The molecule has 0 radical (unpaired) electrons. The molecule has 1 nitrogen and oxygen atoms in total. The van der Waals surface area contributed by atoms with E-state index in [1.165, 1.54) is 16.7 Å². The molecule has 0 bridgehead atoms. The normalized spacial score (nSPS) is 12.2. The molecule has 0 unspecified atom stereocenters. The molecule has 3 heteroatoms. The molecule has 0 saturated carbocycles. The van der Waals surface area contributed by atoms with Crippen molar-refractivity contribution in [3.63, 3.8) is 0 Å². The predicted octanol–water partition coefficient (Wildman–Crippen LogP) is 4.96. The summed E-state index contributed by atoms with van der Waals surface area (Å²) >= 11 is 12.2. The molecule has 0 aliphatic heterocycles. The van der Waals surface area contributed by atoms with E-state index in [0.717, 1.165) is 27.8 Å². The summed E-state index contributed by atoms with van der Waals surface area (Å²) in [5.74, 6) is 0.862. The van der Waals surface area contributed by atoms with Gasteiger partial charge in [0.25, 0.3) is 0 Å². The maximum absolute atomic E-state index is 6.13. The van der Waals surface area contributed by atoms with Crippen LogP contribution in [-0.4, -0.2) is 6.61 Å². The molecule has 1 aliphatic rings. The third-order valence-corrected chi connectivity index (χ3v) is 3.62. The fraction of sp³-hybridized carbons (Fsp3) is 0.200. The van der Waals surface area contributed by atoms with Crippen LogP contribution in [0, 0.1) is 0 Å². The number of fused-ring (bicyclic) bond motifs is 3. The Labute approximate surface area is 116 Å². The molecule has 0 fully saturated rings. The van der Waals surface area contributed by atoms with Gasteiger partial charge < -0.3 is 4.74 Å². The van der Waals surface area contributed by atoms with E-state index in [1.54, 1.807) is 0 Å². The first kappa shape index (κ1) is 11.9. The van der Waals surface area contributed by atoms with E-state index in [0.29, 0.717) is 6.61 Å². The largest absolute Gasteiger partial charge is 0.493 e. The second-order valence-electron chi connectivity index (χ2n) is 4.35. The zero-order valence-corrected chi connectivity index (χ0v) is 11.5. The van der Waals surface area contributed by atoms with Crippen molar-refractivity contribution in [1.82, 2.24) is 0 Å². The highest BCUT2D eigenvalue weighted by Gasteiger charge is 2.23. The minimum absolute atomic E-state index is 0.635. The summed E-state index contributed by atoms with van der Waals surface area (Å²) < 4.78 is 5.70. The molecule has 1 aliphatic carbocycles. The Kier molecular flexibility index (Phi) is 2.96. The fourth-order valence-electron chi connectivity index (χ4n) is 2.51. The molecule has 18 heavy (non-hydrogen) atoms. The van der Waals surface area contributed by atoms with Gasteiger partial charge in [-0.3, -0.25) is 0 Å². The van der Waals surface area contributed by atoms with Crippen molar-refractivity contribution in [2.75, 3.05) is 6.61 Å². The SMILES string of the molecule is CCOc1cc(Cl)cc2c1-c1ccc(Cl)cc1C2. The number of hydrogen-bond donors (Lipinski definition) is 0. The molecule has 3 rings (SSSR count). The van der Waals surface area contributed by atoms with Crippen LogP contribution in [-0.2, 0) is 6.42 Å². The first-order chi connectivity index (χ1) is 8.69. The van der Waals surface area contributed by atoms with Crippen LogP contribution in [0.4, 0.5) is 0 Å². The molecule has 0 N–H and O–H groups in total. The first-order valence-electron chi connectivity index (χ1n) is 5.93. The van der Waals surface area contributed by atoms with Crippen LogP contribution in [0.5, 0.6) is 5.75 Å². The number of rotatable bonds is 2. The third-order valence-electron chi connectivity index (χ3n) is 3.17. The highest BCUT2D eigenvalue weighted by molar-refractivity contribution is 6.31.